The van der Waals surface area contributed by atoms with Gasteiger partial charge in [-0.1, -0.05) is 36.6 Å². The van der Waals surface area contributed by atoms with Gasteiger partial charge < -0.3 is 5.32 Å². The van der Waals surface area contributed by atoms with Crippen molar-refractivity contribution in [3.8, 4) is 11.3 Å². The van der Waals surface area contributed by atoms with Gasteiger partial charge in [0.2, 0.25) is 0 Å². The van der Waals surface area contributed by atoms with E-state index in [9.17, 15) is 13.2 Å². The van der Waals surface area contributed by atoms with Crippen molar-refractivity contribution < 1.29 is 13.2 Å². The molecule has 0 radical (unpaired) electrons. The maximum atomic E-state index is 13.2. The fourth-order valence-corrected chi connectivity index (χ4v) is 5.75. The van der Waals surface area contributed by atoms with Gasteiger partial charge in [-0.3, -0.25) is 9.78 Å². The van der Waals surface area contributed by atoms with E-state index in [1.807, 2.05) is 22.9 Å². The number of hydrogen-bond donors (Lipinski definition) is 1. The van der Waals surface area contributed by atoms with E-state index in [1.165, 1.54) is 18.3 Å². The van der Waals surface area contributed by atoms with Crippen LogP contribution in [0.1, 0.15) is 31.2 Å². The SMILES string of the molecule is CS(=O)(=O)c1ccc(/C(=C\C2CCCC2)C(=O)Nc2cnc(-c3ccsc3)cn2)cc1Cl. The van der Waals surface area contributed by atoms with E-state index < -0.39 is 9.84 Å². The fourth-order valence-electron chi connectivity index (χ4n) is 3.77. The molecule has 1 N–H and O–H groups in total. The first-order chi connectivity index (χ1) is 15.3. The maximum Gasteiger partial charge on any atom is 0.257 e. The summed E-state index contributed by atoms with van der Waals surface area (Å²) in [5.41, 5.74) is 2.72. The lowest BCUT2D eigenvalue weighted by molar-refractivity contribution is -0.111. The number of benzene rings is 1. The Balaban J connectivity index is 1.62. The van der Waals surface area contributed by atoms with Crippen molar-refractivity contribution in [2.75, 3.05) is 11.6 Å². The van der Waals surface area contributed by atoms with Crippen LogP contribution in [0, 0.1) is 5.92 Å². The number of sulfone groups is 1. The third-order valence-electron chi connectivity index (χ3n) is 5.40. The quantitative estimate of drug-likeness (QED) is 0.465. The standard InChI is InChI=1S/C23H22ClN3O3S2/c1-32(29,30)21-7-6-16(11-19(21)24)18(10-15-4-2-3-5-15)23(28)27-22-13-25-20(12-26-22)17-8-9-31-14-17/h6-15H,2-5H2,1H3,(H,26,27,28)/b18-10+. The zero-order valence-electron chi connectivity index (χ0n) is 17.4. The van der Waals surface area contributed by atoms with E-state index in [-0.39, 0.29) is 21.7 Å². The van der Waals surface area contributed by atoms with Gasteiger partial charge in [0.25, 0.3) is 5.91 Å². The molecule has 32 heavy (non-hydrogen) atoms. The molecule has 0 spiro atoms. The Morgan fingerprint density at radius 3 is 2.56 bits per heavy atom. The average molecular weight is 488 g/mol. The Labute approximate surface area is 196 Å². The predicted molar refractivity (Wildman–Crippen MR) is 128 cm³/mol. The van der Waals surface area contributed by atoms with Gasteiger partial charge in [0, 0.05) is 22.8 Å². The number of carbonyl (C=O) groups is 1. The molecule has 0 unspecified atom stereocenters. The lowest BCUT2D eigenvalue weighted by Crippen LogP contribution is -2.16. The zero-order chi connectivity index (χ0) is 22.7. The van der Waals surface area contributed by atoms with Crippen LogP contribution < -0.4 is 5.32 Å². The molecule has 1 aliphatic rings. The van der Waals surface area contributed by atoms with Crippen LogP contribution in [0.25, 0.3) is 16.8 Å². The molecule has 0 saturated heterocycles. The van der Waals surface area contributed by atoms with Crippen molar-refractivity contribution in [1.29, 1.82) is 0 Å². The van der Waals surface area contributed by atoms with Gasteiger partial charge >= 0.3 is 0 Å². The normalized spacial score (nSPS) is 15.1. The molecule has 3 aromatic rings. The van der Waals surface area contributed by atoms with E-state index in [2.05, 4.69) is 15.3 Å². The second-order valence-electron chi connectivity index (χ2n) is 7.80. The van der Waals surface area contributed by atoms with Crippen LogP contribution in [0.15, 0.2) is 58.4 Å². The van der Waals surface area contributed by atoms with Crippen LogP contribution in [0.3, 0.4) is 0 Å². The lowest BCUT2D eigenvalue weighted by atomic mass is 9.98. The monoisotopic (exact) mass is 487 g/mol. The van der Waals surface area contributed by atoms with Crippen molar-refractivity contribution in [3.05, 3.63) is 64.1 Å². The second kappa shape index (κ2) is 9.52. The molecule has 0 aliphatic heterocycles. The van der Waals surface area contributed by atoms with Crippen LogP contribution in [0.2, 0.25) is 5.02 Å². The molecule has 1 aromatic carbocycles. The number of halogens is 1. The van der Waals surface area contributed by atoms with E-state index in [0.717, 1.165) is 43.2 Å². The van der Waals surface area contributed by atoms with Crippen molar-refractivity contribution in [3.63, 3.8) is 0 Å². The minimum atomic E-state index is -3.46. The summed E-state index contributed by atoms with van der Waals surface area (Å²) in [6, 6.07) is 6.55. The molecule has 0 atom stereocenters. The Bertz CT molecular complexity index is 1250. The van der Waals surface area contributed by atoms with Gasteiger partial charge in [-0.25, -0.2) is 13.4 Å². The molecular weight excluding hydrogens is 466 g/mol. The van der Waals surface area contributed by atoms with Gasteiger partial charge in [0.15, 0.2) is 15.7 Å². The first-order valence-corrected chi connectivity index (χ1v) is 13.4. The van der Waals surface area contributed by atoms with E-state index in [0.29, 0.717) is 17.0 Å². The van der Waals surface area contributed by atoms with E-state index >= 15 is 0 Å². The number of nitrogens with zero attached hydrogens (tertiary/aromatic N) is 2. The van der Waals surface area contributed by atoms with E-state index in [1.54, 1.807) is 23.6 Å². The van der Waals surface area contributed by atoms with Crippen molar-refractivity contribution in [1.82, 2.24) is 9.97 Å². The maximum absolute atomic E-state index is 13.2. The summed E-state index contributed by atoms with van der Waals surface area (Å²) in [6.45, 7) is 0. The summed E-state index contributed by atoms with van der Waals surface area (Å²) in [5.74, 6) is 0.291. The summed E-state index contributed by atoms with van der Waals surface area (Å²) in [6.07, 6.45) is 10.5. The van der Waals surface area contributed by atoms with Gasteiger partial charge in [-0.05, 0) is 47.9 Å². The van der Waals surface area contributed by atoms with Crippen LogP contribution >= 0.6 is 22.9 Å². The summed E-state index contributed by atoms with van der Waals surface area (Å²) < 4.78 is 23.8. The molecule has 1 amide bonds. The fraction of sp³-hybridized carbons (Fsp3) is 0.261. The topological polar surface area (TPSA) is 89.0 Å². The smallest absolute Gasteiger partial charge is 0.257 e. The van der Waals surface area contributed by atoms with Crippen LogP contribution in [-0.4, -0.2) is 30.5 Å². The highest BCUT2D eigenvalue weighted by molar-refractivity contribution is 7.90. The molecule has 1 aliphatic carbocycles. The first kappa shape index (κ1) is 22.6. The number of anilines is 1. The highest BCUT2D eigenvalue weighted by atomic mass is 35.5. The third-order valence-corrected chi connectivity index (χ3v) is 7.66. The molecule has 4 rings (SSSR count). The van der Waals surface area contributed by atoms with Crippen LogP contribution in [0.5, 0.6) is 0 Å². The van der Waals surface area contributed by atoms with Gasteiger partial charge in [0.1, 0.15) is 0 Å². The molecule has 1 saturated carbocycles. The molecule has 6 nitrogen and oxygen atoms in total. The highest BCUT2D eigenvalue weighted by Crippen LogP contribution is 2.32. The minimum Gasteiger partial charge on any atom is -0.305 e. The Hall–Kier alpha value is -2.55. The summed E-state index contributed by atoms with van der Waals surface area (Å²) in [7, 11) is -3.46. The predicted octanol–water partition coefficient (Wildman–Crippen LogP) is 5.47. The third kappa shape index (κ3) is 5.26. The number of carbonyl (C=O) groups excluding carboxylic acids is 1. The van der Waals surface area contributed by atoms with Gasteiger partial charge in [-0.2, -0.15) is 11.3 Å². The van der Waals surface area contributed by atoms with Crippen LogP contribution in [-0.2, 0) is 14.6 Å². The average Bonchev–Trinajstić information content (AvgIpc) is 3.46. The molecule has 2 heterocycles. The van der Waals surface area contributed by atoms with Crippen LogP contribution in [0.4, 0.5) is 5.82 Å². The van der Waals surface area contributed by atoms with E-state index in [4.69, 9.17) is 11.6 Å². The molecule has 1 fully saturated rings. The number of aromatic nitrogens is 2. The largest absolute Gasteiger partial charge is 0.305 e. The number of amides is 1. The highest BCUT2D eigenvalue weighted by Gasteiger charge is 2.21. The molecule has 9 heteroatoms. The molecule has 166 valence electrons. The Morgan fingerprint density at radius 2 is 1.97 bits per heavy atom. The molecular formula is C23H22ClN3O3S2. The summed E-state index contributed by atoms with van der Waals surface area (Å²) >= 11 is 7.82. The van der Waals surface area contributed by atoms with Crippen molar-refractivity contribution in [2.24, 2.45) is 5.92 Å². The van der Waals surface area contributed by atoms with Crippen molar-refractivity contribution >= 4 is 50.1 Å². The first-order valence-electron chi connectivity index (χ1n) is 10.2. The molecule has 2 aromatic heterocycles. The summed E-state index contributed by atoms with van der Waals surface area (Å²) in [5, 5.41) is 6.85. The van der Waals surface area contributed by atoms with Crippen molar-refractivity contribution in [2.45, 2.75) is 30.6 Å². The summed E-state index contributed by atoms with van der Waals surface area (Å²) in [4.78, 5) is 21.9. The Morgan fingerprint density at radius 1 is 1.19 bits per heavy atom. The number of thiophene rings is 1. The zero-order valence-corrected chi connectivity index (χ0v) is 19.8. The second-order valence-corrected chi connectivity index (χ2v) is 11.0. The Kier molecular flexibility index (Phi) is 6.74. The van der Waals surface area contributed by atoms with Gasteiger partial charge in [0.05, 0.1) is 28.0 Å². The number of allylic oxidation sites excluding steroid dienone is 1. The molecule has 0 bridgehead atoms. The lowest BCUT2D eigenvalue weighted by Gasteiger charge is -2.13. The number of rotatable bonds is 6. The minimum absolute atomic E-state index is 0.0402. The number of nitrogens with one attached hydrogen (secondary N) is 1. The number of hydrogen-bond acceptors (Lipinski definition) is 6. The van der Waals surface area contributed by atoms with Gasteiger partial charge in [-0.15, -0.1) is 0 Å².